The van der Waals surface area contributed by atoms with Crippen LogP contribution in [0.2, 0.25) is 0 Å². The van der Waals surface area contributed by atoms with Crippen LogP contribution in [0, 0.1) is 5.92 Å². The number of benzene rings is 2. The molecule has 0 unspecified atom stereocenters. The molecule has 140 valence electrons. The van der Waals surface area contributed by atoms with Crippen LogP contribution in [0.4, 0.5) is 0 Å². The fraction of sp³-hybridized carbons (Fsp3) is 0.375. The molecule has 0 aliphatic carbocycles. The molecule has 2 heterocycles. The van der Waals surface area contributed by atoms with Gasteiger partial charge in [0.1, 0.15) is 0 Å². The van der Waals surface area contributed by atoms with Crippen LogP contribution in [0.15, 0.2) is 60.7 Å². The zero-order valence-electron chi connectivity index (χ0n) is 15.9. The molecule has 0 radical (unpaired) electrons. The van der Waals surface area contributed by atoms with Gasteiger partial charge in [-0.15, -0.1) is 0 Å². The van der Waals surface area contributed by atoms with Gasteiger partial charge < -0.3 is 4.90 Å². The van der Waals surface area contributed by atoms with Crippen LogP contribution >= 0.6 is 0 Å². The molecule has 1 saturated heterocycles. The maximum Gasteiger partial charge on any atom is 0.246 e. The van der Waals surface area contributed by atoms with E-state index in [1.165, 1.54) is 11.1 Å². The minimum atomic E-state index is 0.143. The molecule has 2 aromatic carbocycles. The first-order valence-electron chi connectivity index (χ1n) is 10.1. The average molecular weight is 361 g/mol. The van der Waals surface area contributed by atoms with Crippen molar-refractivity contribution in [3.05, 3.63) is 77.4 Å². The summed E-state index contributed by atoms with van der Waals surface area (Å²) < 4.78 is 0. The molecular weight excluding hydrogens is 332 g/mol. The first-order valence-corrected chi connectivity index (χ1v) is 10.1. The molecule has 0 bridgehead atoms. The smallest absolute Gasteiger partial charge is 0.246 e. The molecule has 1 amide bonds. The molecule has 0 spiro atoms. The zero-order chi connectivity index (χ0) is 18.5. The summed E-state index contributed by atoms with van der Waals surface area (Å²) in [4.78, 5) is 17.0. The predicted octanol–water partition coefficient (Wildman–Crippen LogP) is 4.00. The SMILES string of the molecule is O=C(/C=C/c1ccccc1)N1CCC(CN2CCc3ccccc3C2)CC1. The summed E-state index contributed by atoms with van der Waals surface area (Å²) in [5.41, 5.74) is 4.08. The third kappa shape index (κ3) is 4.67. The number of fused-ring (bicyclic) bond motifs is 1. The van der Waals surface area contributed by atoms with E-state index in [4.69, 9.17) is 0 Å². The third-order valence-electron chi connectivity index (χ3n) is 5.87. The molecule has 3 nitrogen and oxygen atoms in total. The van der Waals surface area contributed by atoms with Crippen molar-refractivity contribution >= 4 is 12.0 Å². The van der Waals surface area contributed by atoms with E-state index in [0.717, 1.165) is 57.5 Å². The van der Waals surface area contributed by atoms with Gasteiger partial charge in [0.2, 0.25) is 5.91 Å². The lowest BCUT2D eigenvalue weighted by molar-refractivity contribution is -0.127. The lowest BCUT2D eigenvalue weighted by Crippen LogP contribution is -2.42. The number of hydrogen-bond acceptors (Lipinski definition) is 2. The Morgan fingerprint density at radius 3 is 2.41 bits per heavy atom. The second-order valence-corrected chi connectivity index (χ2v) is 7.77. The molecule has 2 aliphatic rings. The van der Waals surface area contributed by atoms with Crippen molar-refractivity contribution in [3.63, 3.8) is 0 Å². The van der Waals surface area contributed by atoms with E-state index in [1.54, 1.807) is 6.08 Å². The number of nitrogens with zero attached hydrogens (tertiary/aromatic N) is 2. The fourth-order valence-electron chi connectivity index (χ4n) is 4.25. The van der Waals surface area contributed by atoms with Crippen LogP contribution in [0.5, 0.6) is 0 Å². The van der Waals surface area contributed by atoms with Gasteiger partial charge in [-0.05, 0) is 47.9 Å². The number of carbonyl (C=O) groups excluding carboxylic acids is 1. The lowest BCUT2D eigenvalue weighted by Gasteiger charge is -2.36. The van der Waals surface area contributed by atoms with E-state index in [9.17, 15) is 4.79 Å². The summed E-state index contributed by atoms with van der Waals surface area (Å²) in [6.45, 7) is 5.17. The van der Waals surface area contributed by atoms with Gasteiger partial charge in [0.25, 0.3) is 0 Å². The van der Waals surface area contributed by atoms with E-state index in [2.05, 4.69) is 29.2 Å². The predicted molar refractivity (Wildman–Crippen MR) is 110 cm³/mol. The minimum Gasteiger partial charge on any atom is -0.339 e. The van der Waals surface area contributed by atoms with Gasteiger partial charge >= 0.3 is 0 Å². The van der Waals surface area contributed by atoms with Crippen LogP contribution in [0.25, 0.3) is 6.08 Å². The maximum atomic E-state index is 12.4. The second-order valence-electron chi connectivity index (χ2n) is 7.77. The molecule has 0 N–H and O–H groups in total. The molecule has 0 atom stereocenters. The highest BCUT2D eigenvalue weighted by molar-refractivity contribution is 5.91. The van der Waals surface area contributed by atoms with Gasteiger partial charge in [-0.3, -0.25) is 9.69 Å². The van der Waals surface area contributed by atoms with Gasteiger partial charge in [0, 0.05) is 38.8 Å². The Hall–Kier alpha value is -2.39. The zero-order valence-corrected chi connectivity index (χ0v) is 15.9. The Kier molecular flexibility index (Phi) is 5.69. The maximum absolute atomic E-state index is 12.4. The monoisotopic (exact) mass is 360 g/mol. The Bertz CT molecular complexity index is 791. The highest BCUT2D eigenvalue weighted by atomic mass is 16.2. The normalized spacial score (nSPS) is 18.6. The number of likely N-dealkylation sites (tertiary alicyclic amines) is 1. The summed E-state index contributed by atoms with van der Waals surface area (Å²) in [5, 5.41) is 0. The Morgan fingerprint density at radius 1 is 0.926 bits per heavy atom. The summed E-state index contributed by atoms with van der Waals surface area (Å²) in [6, 6.07) is 18.8. The number of piperidine rings is 1. The van der Waals surface area contributed by atoms with Crippen LogP contribution in [-0.4, -0.2) is 41.9 Å². The summed E-state index contributed by atoms with van der Waals surface area (Å²) >= 11 is 0. The van der Waals surface area contributed by atoms with Crippen LogP contribution in [0.1, 0.15) is 29.5 Å². The van der Waals surface area contributed by atoms with E-state index in [-0.39, 0.29) is 5.91 Å². The molecule has 4 rings (SSSR count). The number of amides is 1. The van der Waals surface area contributed by atoms with Gasteiger partial charge in [0.15, 0.2) is 0 Å². The van der Waals surface area contributed by atoms with Crippen molar-refractivity contribution < 1.29 is 4.79 Å². The molecule has 0 saturated carbocycles. The number of hydrogen-bond donors (Lipinski definition) is 0. The first-order chi connectivity index (χ1) is 13.3. The number of rotatable bonds is 4. The summed E-state index contributed by atoms with van der Waals surface area (Å²) in [7, 11) is 0. The van der Waals surface area contributed by atoms with Gasteiger partial charge in [-0.2, -0.15) is 0 Å². The van der Waals surface area contributed by atoms with Crippen LogP contribution in [0.3, 0.4) is 0 Å². The lowest BCUT2D eigenvalue weighted by atomic mass is 9.94. The van der Waals surface area contributed by atoms with Crippen LogP contribution < -0.4 is 0 Å². The summed E-state index contributed by atoms with van der Waals surface area (Å²) in [5.74, 6) is 0.849. The Labute approximate surface area is 162 Å². The van der Waals surface area contributed by atoms with Gasteiger partial charge in [-0.25, -0.2) is 0 Å². The molecule has 0 aromatic heterocycles. The molecule has 2 aliphatic heterocycles. The van der Waals surface area contributed by atoms with E-state index < -0.39 is 0 Å². The first kappa shape index (κ1) is 18.0. The highest BCUT2D eigenvalue weighted by Crippen LogP contribution is 2.23. The Morgan fingerprint density at radius 2 is 1.63 bits per heavy atom. The Balaban J connectivity index is 1.25. The molecule has 27 heavy (non-hydrogen) atoms. The average Bonchev–Trinajstić information content (AvgIpc) is 2.73. The molecular formula is C24H28N2O. The van der Waals surface area contributed by atoms with E-state index in [1.807, 2.05) is 41.3 Å². The standard InChI is InChI=1S/C24H28N2O/c27-24(11-10-20-6-2-1-3-7-20)26-16-12-21(13-17-26)18-25-15-14-22-8-4-5-9-23(22)19-25/h1-11,21H,12-19H2/b11-10+. The molecule has 2 aromatic rings. The summed E-state index contributed by atoms with van der Waals surface area (Å²) in [6.07, 6.45) is 7.03. The van der Waals surface area contributed by atoms with Crippen molar-refractivity contribution in [3.8, 4) is 0 Å². The van der Waals surface area contributed by atoms with Crippen molar-refractivity contribution in [1.82, 2.24) is 9.80 Å². The largest absolute Gasteiger partial charge is 0.339 e. The quantitative estimate of drug-likeness (QED) is 0.770. The second kappa shape index (κ2) is 8.53. The number of carbonyl (C=O) groups is 1. The fourth-order valence-corrected chi connectivity index (χ4v) is 4.25. The minimum absolute atomic E-state index is 0.143. The molecule has 1 fully saturated rings. The van der Waals surface area contributed by atoms with E-state index in [0.29, 0.717) is 5.92 Å². The topological polar surface area (TPSA) is 23.6 Å². The van der Waals surface area contributed by atoms with Gasteiger partial charge in [-0.1, -0.05) is 54.6 Å². The van der Waals surface area contributed by atoms with E-state index >= 15 is 0 Å². The third-order valence-corrected chi connectivity index (χ3v) is 5.87. The molecule has 3 heteroatoms. The van der Waals surface area contributed by atoms with Crippen molar-refractivity contribution in [2.45, 2.75) is 25.8 Å². The van der Waals surface area contributed by atoms with Crippen molar-refractivity contribution in [2.75, 3.05) is 26.2 Å². The van der Waals surface area contributed by atoms with Gasteiger partial charge in [0.05, 0.1) is 0 Å². The van der Waals surface area contributed by atoms with Crippen molar-refractivity contribution in [1.29, 1.82) is 0 Å². The van der Waals surface area contributed by atoms with Crippen LogP contribution in [-0.2, 0) is 17.8 Å². The van der Waals surface area contributed by atoms with Crippen molar-refractivity contribution in [2.24, 2.45) is 5.92 Å². The highest BCUT2D eigenvalue weighted by Gasteiger charge is 2.24.